The zero-order valence-corrected chi connectivity index (χ0v) is 10.6. The van der Waals surface area contributed by atoms with Gasteiger partial charge in [-0.2, -0.15) is 0 Å². The lowest BCUT2D eigenvalue weighted by atomic mass is 10.1. The number of rotatable bonds is 3. The average Bonchev–Trinajstić information content (AvgIpc) is 2.31. The van der Waals surface area contributed by atoms with E-state index in [-0.39, 0.29) is 18.9 Å². The zero-order chi connectivity index (χ0) is 14.0. The number of sulfonamides is 1. The Bertz CT molecular complexity index is 594. The Morgan fingerprint density at radius 3 is 2.63 bits per heavy atom. The Kier molecular flexibility index (Phi) is 3.81. The number of halogens is 2. The van der Waals surface area contributed by atoms with Crippen molar-refractivity contribution in [3.8, 4) is 0 Å². The average molecular weight is 290 g/mol. The van der Waals surface area contributed by atoms with Gasteiger partial charge in [-0.25, -0.2) is 21.9 Å². The van der Waals surface area contributed by atoms with Gasteiger partial charge in [-0.3, -0.25) is 4.79 Å². The largest absolute Gasteiger partial charge is 0.355 e. The van der Waals surface area contributed by atoms with Gasteiger partial charge in [-0.15, -0.1) is 0 Å². The van der Waals surface area contributed by atoms with Crippen molar-refractivity contribution in [2.24, 2.45) is 0 Å². The minimum Gasteiger partial charge on any atom is -0.355 e. The van der Waals surface area contributed by atoms with E-state index in [9.17, 15) is 22.0 Å². The molecule has 0 saturated carbocycles. The molecular formula is C11H12F2N2O3S. The van der Waals surface area contributed by atoms with Gasteiger partial charge in [0.05, 0.1) is 0 Å². The van der Waals surface area contributed by atoms with E-state index in [1.165, 1.54) is 0 Å². The Labute approximate surface area is 109 Å². The number of amides is 1. The van der Waals surface area contributed by atoms with Crippen molar-refractivity contribution in [3.05, 3.63) is 29.8 Å². The van der Waals surface area contributed by atoms with Crippen molar-refractivity contribution in [2.75, 3.05) is 6.54 Å². The molecule has 1 saturated heterocycles. The Balaban J connectivity index is 2.16. The van der Waals surface area contributed by atoms with Crippen LogP contribution in [0.25, 0.3) is 0 Å². The quantitative estimate of drug-likeness (QED) is 0.852. The molecule has 8 heteroatoms. The van der Waals surface area contributed by atoms with E-state index in [0.717, 1.165) is 12.1 Å². The van der Waals surface area contributed by atoms with Gasteiger partial charge in [0, 0.05) is 25.1 Å². The van der Waals surface area contributed by atoms with E-state index in [2.05, 4.69) is 10.0 Å². The second-order valence-electron chi connectivity index (χ2n) is 4.24. The molecule has 0 radical (unpaired) electrons. The van der Waals surface area contributed by atoms with Gasteiger partial charge < -0.3 is 5.32 Å². The number of carbonyl (C=O) groups excluding carboxylic acids is 1. The van der Waals surface area contributed by atoms with Crippen LogP contribution in [-0.4, -0.2) is 26.9 Å². The summed E-state index contributed by atoms with van der Waals surface area (Å²) in [6.07, 6.45) is 0.549. The first-order valence-corrected chi connectivity index (χ1v) is 7.11. The molecule has 1 fully saturated rings. The molecular weight excluding hydrogens is 278 g/mol. The van der Waals surface area contributed by atoms with E-state index in [4.69, 9.17) is 0 Å². The summed E-state index contributed by atoms with van der Waals surface area (Å²) >= 11 is 0. The standard InChI is InChI=1S/C11H12F2N2O3S/c12-7-1-3-10(9(13)5-7)19(17,18)15-8-2-4-11(16)14-6-8/h1,3,5,8,15H,2,4,6H2,(H,14,16). The predicted octanol–water partition coefficient (Wildman–Crippen LogP) is 0.522. The highest BCUT2D eigenvalue weighted by Crippen LogP contribution is 2.16. The van der Waals surface area contributed by atoms with Crippen molar-refractivity contribution >= 4 is 15.9 Å². The number of hydrogen-bond donors (Lipinski definition) is 2. The van der Waals surface area contributed by atoms with Crippen LogP contribution in [0.15, 0.2) is 23.1 Å². The maximum absolute atomic E-state index is 13.4. The van der Waals surface area contributed by atoms with E-state index in [0.29, 0.717) is 12.5 Å². The highest BCUT2D eigenvalue weighted by molar-refractivity contribution is 7.89. The summed E-state index contributed by atoms with van der Waals surface area (Å²) in [6, 6.07) is 1.76. The molecule has 1 unspecified atom stereocenters. The van der Waals surface area contributed by atoms with Gasteiger partial charge in [-0.1, -0.05) is 0 Å². The van der Waals surface area contributed by atoms with E-state index in [1.807, 2.05) is 0 Å². The maximum Gasteiger partial charge on any atom is 0.243 e. The third kappa shape index (κ3) is 3.27. The molecule has 1 atom stereocenters. The molecule has 0 aliphatic carbocycles. The van der Waals surface area contributed by atoms with Gasteiger partial charge in [0.15, 0.2) is 0 Å². The summed E-state index contributed by atoms with van der Waals surface area (Å²) < 4.78 is 52.3. The smallest absolute Gasteiger partial charge is 0.243 e. The molecule has 0 aromatic heterocycles. The number of hydrogen-bond acceptors (Lipinski definition) is 3. The second-order valence-corrected chi connectivity index (χ2v) is 5.92. The fourth-order valence-electron chi connectivity index (χ4n) is 1.81. The first-order chi connectivity index (χ1) is 8.88. The molecule has 0 bridgehead atoms. The molecule has 1 amide bonds. The van der Waals surface area contributed by atoms with E-state index < -0.39 is 32.6 Å². The summed E-state index contributed by atoms with van der Waals surface area (Å²) in [5, 5.41) is 2.51. The van der Waals surface area contributed by atoms with Gasteiger partial charge in [0.25, 0.3) is 0 Å². The molecule has 19 heavy (non-hydrogen) atoms. The first-order valence-electron chi connectivity index (χ1n) is 5.62. The molecule has 1 heterocycles. The van der Waals surface area contributed by atoms with Gasteiger partial charge in [-0.05, 0) is 18.6 Å². The maximum atomic E-state index is 13.4. The van der Waals surface area contributed by atoms with Crippen LogP contribution in [0, 0.1) is 11.6 Å². The Morgan fingerprint density at radius 2 is 2.05 bits per heavy atom. The van der Waals surface area contributed by atoms with Crippen LogP contribution in [0.3, 0.4) is 0 Å². The lowest BCUT2D eigenvalue weighted by molar-refractivity contribution is -0.122. The van der Waals surface area contributed by atoms with Gasteiger partial charge in [0.1, 0.15) is 16.5 Å². The molecule has 5 nitrogen and oxygen atoms in total. The van der Waals surface area contributed by atoms with Crippen molar-refractivity contribution in [3.63, 3.8) is 0 Å². The minimum atomic E-state index is -4.07. The van der Waals surface area contributed by atoms with E-state index >= 15 is 0 Å². The third-order valence-electron chi connectivity index (χ3n) is 2.77. The van der Waals surface area contributed by atoms with Crippen molar-refractivity contribution in [1.82, 2.24) is 10.0 Å². The molecule has 2 N–H and O–H groups in total. The molecule has 2 rings (SSSR count). The Hall–Kier alpha value is -1.54. The second kappa shape index (κ2) is 5.22. The van der Waals surface area contributed by atoms with Crippen LogP contribution in [0.1, 0.15) is 12.8 Å². The van der Waals surface area contributed by atoms with Crippen molar-refractivity contribution < 1.29 is 22.0 Å². The normalized spacial score (nSPS) is 20.1. The SMILES string of the molecule is O=C1CCC(NS(=O)(=O)c2ccc(F)cc2F)CN1. The van der Waals surface area contributed by atoms with Crippen LogP contribution in [0.2, 0.25) is 0 Å². The monoisotopic (exact) mass is 290 g/mol. The summed E-state index contributed by atoms with van der Waals surface area (Å²) in [5.41, 5.74) is 0. The van der Waals surface area contributed by atoms with Crippen LogP contribution in [-0.2, 0) is 14.8 Å². The number of benzene rings is 1. The molecule has 1 aliphatic rings. The highest BCUT2D eigenvalue weighted by Gasteiger charge is 2.26. The minimum absolute atomic E-state index is 0.150. The Morgan fingerprint density at radius 1 is 1.32 bits per heavy atom. The summed E-state index contributed by atoms with van der Waals surface area (Å²) in [5.74, 6) is -2.14. The molecule has 104 valence electrons. The zero-order valence-electron chi connectivity index (χ0n) is 9.82. The van der Waals surface area contributed by atoms with Crippen LogP contribution >= 0.6 is 0 Å². The summed E-state index contributed by atoms with van der Waals surface area (Å²) in [6.45, 7) is 0.154. The van der Waals surface area contributed by atoms with Crippen LogP contribution in [0.4, 0.5) is 8.78 Å². The molecule has 0 spiro atoms. The van der Waals surface area contributed by atoms with Crippen LogP contribution < -0.4 is 10.0 Å². The van der Waals surface area contributed by atoms with Crippen LogP contribution in [0.5, 0.6) is 0 Å². The van der Waals surface area contributed by atoms with E-state index in [1.54, 1.807) is 0 Å². The first kappa shape index (κ1) is 13.9. The third-order valence-corrected chi connectivity index (χ3v) is 4.32. The van der Waals surface area contributed by atoms with Gasteiger partial charge >= 0.3 is 0 Å². The number of nitrogens with one attached hydrogen (secondary N) is 2. The molecule has 1 aliphatic heterocycles. The van der Waals surface area contributed by atoms with Crippen molar-refractivity contribution in [1.29, 1.82) is 0 Å². The fourth-order valence-corrected chi connectivity index (χ4v) is 3.14. The topological polar surface area (TPSA) is 75.3 Å². The summed E-state index contributed by atoms with van der Waals surface area (Å²) in [7, 11) is -4.07. The number of piperidine rings is 1. The fraction of sp³-hybridized carbons (Fsp3) is 0.364. The predicted molar refractivity (Wildman–Crippen MR) is 62.7 cm³/mol. The lowest BCUT2D eigenvalue weighted by Crippen LogP contribution is -2.47. The highest BCUT2D eigenvalue weighted by atomic mass is 32.2. The van der Waals surface area contributed by atoms with Gasteiger partial charge in [0.2, 0.25) is 15.9 Å². The lowest BCUT2D eigenvalue weighted by Gasteiger charge is -2.23. The molecule has 1 aromatic carbocycles. The number of carbonyl (C=O) groups is 1. The molecule has 1 aromatic rings. The summed E-state index contributed by atoms with van der Waals surface area (Å²) in [4.78, 5) is 10.3. The van der Waals surface area contributed by atoms with Crippen molar-refractivity contribution in [2.45, 2.75) is 23.8 Å².